The van der Waals surface area contributed by atoms with Crippen molar-refractivity contribution in [1.29, 1.82) is 0 Å². The quantitative estimate of drug-likeness (QED) is 0.741. The molecule has 0 aliphatic carbocycles. The van der Waals surface area contributed by atoms with Gasteiger partial charge in [0, 0.05) is 19.1 Å². The number of benzene rings is 1. The molecule has 1 aliphatic heterocycles. The van der Waals surface area contributed by atoms with E-state index in [1.165, 1.54) is 37.1 Å². The van der Waals surface area contributed by atoms with E-state index in [4.69, 9.17) is 0 Å². The van der Waals surface area contributed by atoms with Gasteiger partial charge >= 0.3 is 0 Å². The molecule has 1 unspecified atom stereocenters. The minimum Gasteiger partial charge on any atom is -0.317 e. The Morgan fingerprint density at radius 3 is 2.57 bits per heavy atom. The molecule has 0 bridgehead atoms. The van der Waals surface area contributed by atoms with Gasteiger partial charge in [0.1, 0.15) is 0 Å². The van der Waals surface area contributed by atoms with Crippen LogP contribution >= 0.6 is 0 Å². The van der Waals surface area contributed by atoms with Gasteiger partial charge in [-0.15, -0.1) is 0 Å². The first-order valence-corrected chi connectivity index (χ1v) is 8.36. The maximum Gasteiger partial charge on any atom is 0.0237 e. The summed E-state index contributed by atoms with van der Waals surface area (Å²) in [5.41, 5.74) is 2.89. The van der Waals surface area contributed by atoms with E-state index in [9.17, 15) is 0 Å². The Hall–Kier alpha value is -0.900. The molecule has 1 heterocycles. The largest absolute Gasteiger partial charge is 0.317 e. The van der Waals surface area contributed by atoms with E-state index in [0.717, 1.165) is 32.1 Å². The van der Waals surface area contributed by atoms with Crippen molar-refractivity contribution in [2.24, 2.45) is 0 Å². The second kappa shape index (κ2) is 8.52. The molecule has 1 aliphatic rings. The Morgan fingerprint density at radius 1 is 1.19 bits per heavy atom. The van der Waals surface area contributed by atoms with Crippen molar-refractivity contribution in [3.63, 3.8) is 0 Å². The molecule has 1 saturated heterocycles. The van der Waals surface area contributed by atoms with Crippen LogP contribution in [0.25, 0.3) is 0 Å². The summed E-state index contributed by atoms with van der Waals surface area (Å²) < 4.78 is 0. The fraction of sp³-hybridized carbons (Fsp3) is 0.667. The molecule has 1 aromatic carbocycles. The summed E-state index contributed by atoms with van der Waals surface area (Å²) in [5, 5.41) is 3.38. The van der Waals surface area contributed by atoms with Crippen molar-refractivity contribution >= 4 is 0 Å². The molecule has 2 rings (SSSR count). The van der Waals surface area contributed by atoms with Gasteiger partial charge in [-0.2, -0.15) is 0 Å². The van der Waals surface area contributed by atoms with Gasteiger partial charge in [-0.05, 0) is 64.1 Å². The van der Waals surface area contributed by atoms with Crippen molar-refractivity contribution in [2.75, 3.05) is 40.3 Å². The van der Waals surface area contributed by atoms with E-state index in [-0.39, 0.29) is 0 Å². The van der Waals surface area contributed by atoms with Crippen molar-refractivity contribution in [2.45, 2.75) is 38.8 Å². The minimum absolute atomic E-state index is 0.730. The Bertz CT molecular complexity index is 399. The van der Waals surface area contributed by atoms with Crippen LogP contribution in [0.3, 0.4) is 0 Å². The fourth-order valence-corrected chi connectivity index (χ4v) is 3.19. The monoisotopic (exact) mass is 289 g/mol. The van der Waals surface area contributed by atoms with Gasteiger partial charge in [0.2, 0.25) is 0 Å². The molecule has 0 radical (unpaired) electrons. The maximum absolute atomic E-state index is 3.38. The first-order valence-electron chi connectivity index (χ1n) is 8.36. The first kappa shape index (κ1) is 16.5. The molecule has 1 atom stereocenters. The normalized spacial score (nSPS) is 19.5. The summed E-state index contributed by atoms with van der Waals surface area (Å²) in [6.45, 7) is 7.82. The molecule has 0 saturated carbocycles. The number of hydrogen-bond acceptors (Lipinski definition) is 3. The number of likely N-dealkylation sites (tertiary alicyclic amines) is 1. The van der Waals surface area contributed by atoms with Crippen LogP contribution in [0.2, 0.25) is 0 Å². The lowest BCUT2D eigenvalue weighted by Gasteiger charge is -2.27. The number of hydrogen-bond donors (Lipinski definition) is 1. The van der Waals surface area contributed by atoms with Crippen LogP contribution in [0.4, 0.5) is 0 Å². The topological polar surface area (TPSA) is 18.5 Å². The molecular formula is C18H31N3. The molecule has 1 N–H and O–H groups in total. The SMILES string of the molecule is CCNCCc1ccc(CN2CCCC2CN(C)C)cc1. The second-order valence-corrected chi connectivity index (χ2v) is 6.45. The van der Waals surface area contributed by atoms with Crippen molar-refractivity contribution in [1.82, 2.24) is 15.1 Å². The Balaban J connectivity index is 1.84. The maximum atomic E-state index is 3.38. The van der Waals surface area contributed by atoms with Crippen molar-refractivity contribution < 1.29 is 0 Å². The fourth-order valence-electron chi connectivity index (χ4n) is 3.19. The predicted molar refractivity (Wildman–Crippen MR) is 90.7 cm³/mol. The molecular weight excluding hydrogens is 258 g/mol. The van der Waals surface area contributed by atoms with Crippen LogP contribution in [0, 0.1) is 0 Å². The molecule has 0 spiro atoms. The van der Waals surface area contributed by atoms with Gasteiger partial charge in [0.25, 0.3) is 0 Å². The van der Waals surface area contributed by atoms with Gasteiger partial charge in [0.05, 0.1) is 0 Å². The predicted octanol–water partition coefficient (Wildman–Crippen LogP) is 2.36. The zero-order valence-electron chi connectivity index (χ0n) is 13.9. The number of likely N-dealkylation sites (N-methyl/N-ethyl adjacent to an activating group) is 2. The number of nitrogens with zero attached hydrogens (tertiary/aromatic N) is 2. The zero-order valence-corrected chi connectivity index (χ0v) is 13.9. The van der Waals surface area contributed by atoms with E-state index in [0.29, 0.717) is 0 Å². The third-order valence-electron chi connectivity index (χ3n) is 4.32. The smallest absolute Gasteiger partial charge is 0.0237 e. The molecule has 21 heavy (non-hydrogen) atoms. The minimum atomic E-state index is 0.730. The summed E-state index contributed by atoms with van der Waals surface area (Å²) in [4.78, 5) is 4.96. The summed E-state index contributed by atoms with van der Waals surface area (Å²) in [7, 11) is 4.35. The van der Waals surface area contributed by atoms with Crippen LogP contribution in [0.15, 0.2) is 24.3 Å². The lowest BCUT2D eigenvalue weighted by molar-refractivity contribution is 0.201. The average Bonchev–Trinajstić information content (AvgIpc) is 2.87. The van der Waals surface area contributed by atoms with Crippen molar-refractivity contribution in [3.05, 3.63) is 35.4 Å². The summed E-state index contributed by atoms with van der Waals surface area (Å²) >= 11 is 0. The summed E-state index contributed by atoms with van der Waals surface area (Å²) in [6, 6.07) is 9.94. The standard InChI is InChI=1S/C18H31N3/c1-4-19-12-11-16-7-9-17(10-8-16)14-21-13-5-6-18(21)15-20(2)3/h7-10,18-19H,4-6,11-15H2,1-3H3. The third kappa shape index (κ3) is 5.42. The Kier molecular flexibility index (Phi) is 6.68. The highest BCUT2D eigenvalue weighted by Crippen LogP contribution is 2.20. The highest BCUT2D eigenvalue weighted by Gasteiger charge is 2.24. The molecule has 1 aromatic rings. The summed E-state index contributed by atoms with van der Waals surface area (Å²) in [6.07, 6.45) is 3.82. The van der Waals surface area contributed by atoms with Crippen molar-refractivity contribution in [3.8, 4) is 0 Å². The molecule has 118 valence electrons. The highest BCUT2D eigenvalue weighted by atomic mass is 15.2. The number of nitrogens with one attached hydrogen (secondary N) is 1. The van der Waals surface area contributed by atoms with E-state index in [1.807, 2.05) is 0 Å². The van der Waals surface area contributed by atoms with Crippen LogP contribution in [0.1, 0.15) is 30.9 Å². The lowest BCUT2D eigenvalue weighted by Crippen LogP contribution is -2.37. The molecule has 0 amide bonds. The van der Waals surface area contributed by atoms with Crippen LogP contribution in [0.5, 0.6) is 0 Å². The molecule has 1 fully saturated rings. The molecule has 3 nitrogen and oxygen atoms in total. The van der Waals surface area contributed by atoms with Gasteiger partial charge in [0.15, 0.2) is 0 Å². The first-order chi connectivity index (χ1) is 10.2. The third-order valence-corrected chi connectivity index (χ3v) is 4.32. The zero-order chi connectivity index (χ0) is 15.1. The number of rotatable bonds is 8. The lowest BCUT2D eigenvalue weighted by atomic mass is 10.1. The van der Waals surface area contributed by atoms with Gasteiger partial charge in [-0.25, -0.2) is 0 Å². The van der Waals surface area contributed by atoms with Gasteiger partial charge < -0.3 is 10.2 Å². The van der Waals surface area contributed by atoms with E-state index < -0.39 is 0 Å². The average molecular weight is 289 g/mol. The van der Waals surface area contributed by atoms with Crippen LogP contribution in [-0.2, 0) is 13.0 Å². The molecule has 0 aromatic heterocycles. The highest BCUT2D eigenvalue weighted by molar-refractivity contribution is 5.23. The van der Waals surface area contributed by atoms with E-state index in [1.54, 1.807) is 0 Å². The Morgan fingerprint density at radius 2 is 1.90 bits per heavy atom. The van der Waals surface area contributed by atoms with Gasteiger partial charge in [-0.1, -0.05) is 31.2 Å². The van der Waals surface area contributed by atoms with Crippen LogP contribution in [-0.4, -0.2) is 56.1 Å². The van der Waals surface area contributed by atoms with E-state index in [2.05, 4.69) is 60.4 Å². The summed E-state index contributed by atoms with van der Waals surface area (Å²) in [5.74, 6) is 0. The van der Waals surface area contributed by atoms with E-state index >= 15 is 0 Å². The Labute approximate surface area is 130 Å². The second-order valence-electron chi connectivity index (χ2n) is 6.45. The molecule has 3 heteroatoms. The van der Waals surface area contributed by atoms with Crippen LogP contribution < -0.4 is 5.32 Å². The van der Waals surface area contributed by atoms with Gasteiger partial charge in [-0.3, -0.25) is 4.90 Å².